The molecule has 3 rings (SSSR count). The van der Waals surface area contributed by atoms with E-state index in [0.29, 0.717) is 4.80 Å². The number of halogens is 3. The van der Waals surface area contributed by atoms with Crippen molar-refractivity contribution < 1.29 is 18.0 Å². The Morgan fingerprint density at radius 1 is 1.20 bits per heavy atom. The van der Waals surface area contributed by atoms with Crippen molar-refractivity contribution in [3.63, 3.8) is 0 Å². The summed E-state index contributed by atoms with van der Waals surface area (Å²) < 4.78 is 41.0. The number of hydrogen-bond donors (Lipinski definition) is 0. The van der Waals surface area contributed by atoms with E-state index in [1.807, 2.05) is 24.3 Å². The third-order valence-corrected chi connectivity index (χ3v) is 4.53. The smallest absolute Gasteiger partial charge is 0.305 e. The summed E-state index contributed by atoms with van der Waals surface area (Å²) in [7, 11) is 0. The van der Waals surface area contributed by atoms with Gasteiger partial charge in [0.1, 0.15) is 0 Å². The summed E-state index contributed by atoms with van der Waals surface area (Å²) in [4.78, 5) is 16.7. The quantitative estimate of drug-likeness (QED) is 0.634. The Hall–Kier alpha value is -2.85. The van der Waals surface area contributed by atoms with Gasteiger partial charge >= 0.3 is 6.18 Å². The van der Waals surface area contributed by atoms with E-state index in [1.165, 1.54) is 23.5 Å². The SMILES string of the molecule is C#CCn1c(=NC(=O)c2cccc(C(F)(F)F)c2)sc2ccccc21. The van der Waals surface area contributed by atoms with Gasteiger partial charge in [0, 0.05) is 5.56 Å². The van der Waals surface area contributed by atoms with Crippen LogP contribution in [0.1, 0.15) is 15.9 Å². The summed E-state index contributed by atoms with van der Waals surface area (Å²) in [6.07, 6.45) is 0.855. The van der Waals surface area contributed by atoms with Gasteiger partial charge in [-0.25, -0.2) is 0 Å². The van der Waals surface area contributed by atoms with Crippen LogP contribution in [0.15, 0.2) is 53.5 Å². The summed E-state index contributed by atoms with van der Waals surface area (Å²) in [5.41, 5.74) is -0.193. The molecule has 1 heterocycles. The van der Waals surface area contributed by atoms with E-state index < -0.39 is 17.6 Å². The van der Waals surface area contributed by atoms with Crippen molar-refractivity contribution >= 4 is 27.5 Å². The van der Waals surface area contributed by atoms with Crippen LogP contribution < -0.4 is 4.80 Å². The lowest BCUT2D eigenvalue weighted by molar-refractivity contribution is -0.137. The predicted molar refractivity (Wildman–Crippen MR) is 90.0 cm³/mol. The first-order valence-electron chi connectivity index (χ1n) is 7.18. The number of hydrogen-bond acceptors (Lipinski definition) is 2. The third kappa shape index (κ3) is 3.49. The van der Waals surface area contributed by atoms with Gasteiger partial charge in [0.15, 0.2) is 4.80 Å². The molecule has 7 heteroatoms. The molecule has 0 saturated heterocycles. The van der Waals surface area contributed by atoms with Crippen molar-refractivity contribution in [1.29, 1.82) is 0 Å². The average Bonchev–Trinajstić information content (AvgIpc) is 2.92. The van der Waals surface area contributed by atoms with Gasteiger partial charge in [-0.3, -0.25) is 4.79 Å². The molecule has 0 bridgehead atoms. The van der Waals surface area contributed by atoms with Gasteiger partial charge in [0.25, 0.3) is 5.91 Å². The molecule has 0 atom stereocenters. The number of rotatable bonds is 2. The first-order valence-corrected chi connectivity index (χ1v) is 8.00. The largest absolute Gasteiger partial charge is 0.416 e. The minimum Gasteiger partial charge on any atom is -0.305 e. The van der Waals surface area contributed by atoms with E-state index in [2.05, 4.69) is 10.9 Å². The standard InChI is InChI=1S/C18H11F3N2OS/c1-2-10-23-14-8-3-4-9-15(14)25-17(23)22-16(24)12-6-5-7-13(11-12)18(19,20)21/h1,3-9,11H,10H2. The first-order chi connectivity index (χ1) is 11.9. The molecule has 3 aromatic rings. The van der Waals surface area contributed by atoms with Gasteiger partial charge in [0.2, 0.25) is 0 Å². The summed E-state index contributed by atoms with van der Waals surface area (Å²) in [6.45, 7) is 0.207. The highest BCUT2D eigenvalue weighted by molar-refractivity contribution is 7.16. The summed E-state index contributed by atoms with van der Waals surface area (Å²) >= 11 is 1.25. The van der Waals surface area contributed by atoms with E-state index in [1.54, 1.807) is 4.57 Å². The van der Waals surface area contributed by atoms with E-state index >= 15 is 0 Å². The fraction of sp³-hybridized carbons (Fsp3) is 0.111. The van der Waals surface area contributed by atoms with Crippen LogP contribution in [0, 0.1) is 12.3 Å². The molecule has 1 aromatic heterocycles. The highest BCUT2D eigenvalue weighted by atomic mass is 32.1. The molecule has 3 nitrogen and oxygen atoms in total. The second-order valence-electron chi connectivity index (χ2n) is 5.14. The van der Waals surface area contributed by atoms with Crippen LogP contribution >= 0.6 is 11.3 Å². The molecule has 0 unspecified atom stereocenters. The van der Waals surface area contributed by atoms with E-state index in [-0.39, 0.29) is 12.1 Å². The van der Waals surface area contributed by atoms with Gasteiger partial charge in [0.05, 0.1) is 22.3 Å². The zero-order chi connectivity index (χ0) is 18.0. The summed E-state index contributed by atoms with van der Waals surface area (Å²) in [6, 6.07) is 11.6. The monoisotopic (exact) mass is 360 g/mol. The molecule has 25 heavy (non-hydrogen) atoms. The van der Waals surface area contributed by atoms with Crippen molar-refractivity contribution in [1.82, 2.24) is 4.57 Å². The number of alkyl halides is 3. The Morgan fingerprint density at radius 2 is 1.96 bits per heavy atom. The Labute approximate surface area is 145 Å². The molecular formula is C18H11F3N2OS. The lowest BCUT2D eigenvalue weighted by atomic mass is 10.1. The topological polar surface area (TPSA) is 34.4 Å². The number of benzene rings is 2. The van der Waals surface area contributed by atoms with Crippen molar-refractivity contribution in [3.8, 4) is 12.3 Å². The minimum absolute atomic E-state index is 0.125. The van der Waals surface area contributed by atoms with Crippen LogP contribution in [0.2, 0.25) is 0 Å². The van der Waals surface area contributed by atoms with Gasteiger partial charge in [-0.15, -0.1) is 6.42 Å². The number of para-hydroxylation sites is 1. The number of carbonyl (C=O) groups is 1. The molecule has 0 aliphatic carbocycles. The molecule has 0 aliphatic rings. The van der Waals surface area contributed by atoms with Gasteiger partial charge in [-0.2, -0.15) is 18.2 Å². The van der Waals surface area contributed by atoms with Crippen molar-refractivity contribution in [2.75, 3.05) is 0 Å². The molecule has 2 aromatic carbocycles. The zero-order valence-corrected chi connectivity index (χ0v) is 13.6. The zero-order valence-electron chi connectivity index (χ0n) is 12.7. The predicted octanol–water partition coefficient (Wildman–Crippen LogP) is 4.10. The second-order valence-corrected chi connectivity index (χ2v) is 6.15. The van der Waals surface area contributed by atoms with Crippen molar-refractivity contribution in [3.05, 3.63) is 64.5 Å². The Balaban J connectivity index is 2.10. The van der Waals surface area contributed by atoms with Gasteiger partial charge in [-0.05, 0) is 30.3 Å². The molecule has 0 fully saturated rings. The van der Waals surface area contributed by atoms with Crippen LogP contribution in [0.3, 0.4) is 0 Å². The number of fused-ring (bicyclic) bond motifs is 1. The molecule has 0 aliphatic heterocycles. The van der Waals surface area contributed by atoms with Crippen LogP contribution in [0.4, 0.5) is 13.2 Å². The molecule has 0 saturated carbocycles. The summed E-state index contributed by atoms with van der Waals surface area (Å²) in [5.74, 6) is 1.75. The lowest BCUT2D eigenvalue weighted by Gasteiger charge is -2.06. The number of amides is 1. The highest BCUT2D eigenvalue weighted by Crippen LogP contribution is 2.29. The third-order valence-electron chi connectivity index (χ3n) is 3.47. The van der Waals surface area contributed by atoms with Gasteiger partial charge in [-0.1, -0.05) is 35.5 Å². The number of nitrogens with zero attached hydrogens (tertiary/aromatic N) is 2. The summed E-state index contributed by atoms with van der Waals surface area (Å²) in [5, 5.41) is 0. The lowest BCUT2D eigenvalue weighted by Crippen LogP contribution is -2.16. The van der Waals surface area contributed by atoms with Crippen LogP contribution in [0.5, 0.6) is 0 Å². The van der Waals surface area contributed by atoms with E-state index in [9.17, 15) is 18.0 Å². The normalized spacial score (nSPS) is 12.3. The van der Waals surface area contributed by atoms with E-state index in [4.69, 9.17) is 6.42 Å². The van der Waals surface area contributed by atoms with E-state index in [0.717, 1.165) is 22.3 Å². The second kappa shape index (κ2) is 6.57. The van der Waals surface area contributed by atoms with Crippen molar-refractivity contribution in [2.45, 2.75) is 12.7 Å². The Morgan fingerprint density at radius 3 is 2.68 bits per heavy atom. The molecule has 126 valence electrons. The fourth-order valence-corrected chi connectivity index (χ4v) is 3.36. The number of thiazole rings is 1. The average molecular weight is 360 g/mol. The van der Waals surface area contributed by atoms with Gasteiger partial charge < -0.3 is 4.57 Å². The van der Waals surface area contributed by atoms with Crippen LogP contribution in [-0.4, -0.2) is 10.5 Å². The fourth-order valence-electron chi connectivity index (χ4n) is 2.33. The number of aromatic nitrogens is 1. The first kappa shape index (κ1) is 17.0. The maximum absolute atomic E-state index is 12.8. The maximum Gasteiger partial charge on any atom is 0.416 e. The number of terminal acetylenes is 1. The molecular weight excluding hydrogens is 349 g/mol. The number of carbonyl (C=O) groups excluding carboxylic acids is 1. The van der Waals surface area contributed by atoms with Crippen LogP contribution in [-0.2, 0) is 12.7 Å². The highest BCUT2D eigenvalue weighted by Gasteiger charge is 2.30. The Bertz CT molecular complexity index is 1050. The Kier molecular flexibility index (Phi) is 4.47. The molecule has 1 amide bonds. The molecule has 0 radical (unpaired) electrons. The van der Waals surface area contributed by atoms with Crippen LogP contribution in [0.25, 0.3) is 10.2 Å². The van der Waals surface area contributed by atoms with Crippen molar-refractivity contribution in [2.24, 2.45) is 4.99 Å². The molecule has 0 N–H and O–H groups in total. The molecule has 0 spiro atoms. The maximum atomic E-state index is 12.8. The minimum atomic E-state index is -4.52.